The third-order valence-electron chi connectivity index (χ3n) is 2.13. The van der Waals surface area contributed by atoms with Crippen molar-refractivity contribution in [1.29, 1.82) is 0 Å². The monoisotopic (exact) mass is 253 g/mol. The number of nitrogens with one attached hydrogen (secondary N) is 1. The van der Waals surface area contributed by atoms with Crippen molar-refractivity contribution in [1.82, 2.24) is 0 Å². The normalized spacial score (nSPS) is 9.61. The molecule has 0 aliphatic heterocycles. The number of carbonyl (C=O) groups excluding carboxylic acids is 1. The number of para-hydroxylation sites is 1. The van der Waals surface area contributed by atoms with E-state index in [-0.39, 0.29) is 13.2 Å². The van der Waals surface area contributed by atoms with Crippen LogP contribution in [0.2, 0.25) is 0 Å². The molecule has 0 fully saturated rings. The van der Waals surface area contributed by atoms with E-state index in [2.05, 4.69) is 10.1 Å². The molecule has 0 spiro atoms. The van der Waals surface area contributed by atoms with Crippen LogP contribution in [-0.4, -0.2) is 30.6 Å². The molecule has 0 aliphatic rings. The predicted molar refractivity (Wildman–Crippen MR) is 64.8 cm³/mol. The molecule has 18 heavy (non-hydrogen) atoms. The Hall–Kier alpha value is -2.24. The first kappa shape index (κ1) is 13.8. The molecular weight excluding hydrogens is 238 g/mol. The van der Waals surface area contributed by atoms with E-state index in [9.17, 15) is 9.59 Å². The van der Waals surface area contributed by atoms with E-state index in [0.717, 1.165) is 5.56 Å². The zero-order valence-electron chi connectivity index (χ0n) is 10.0. The maximum absolute atomic E-state index is 11.3. The van der Waals surface area contributed by atoms with Gasteiger partial charge in [0.15, 0.2) is 0 Å². The van der Waals surface area contributed by atoms with Gasteiger partial charge in [0.1, 0.15) is 0 Å². The quantitative estimate of drug-likeness (QED) is 0.787. The van der Waals surface area contributed by atoms with Crippen LogP contribution in [0.25, 0.3) is 0 Å². The molecule has 0 aromatic heterocycles. The molecular formula is C12H15NO5. The Kier molecular flexibility index (Phi) is 5.50. The van der Waals surface area contributed by atoms with Crippen molar-refractivity contribution in [3.8, 4) is 0 Å². The van der Waals surface area contributed by atoms with Gasteiger partial charge in [-0.05, 0) is 18.6 Å². The van der Waals surface area contributed by atoms with E-state index >= 15 is 0 Å². The van der Waals surface area contributed by atoms with E-state index in [0.29, 0.717) is 12.1 Å². The van der Waals surface area contributed by atoms with E-state index in [1.807, 2.05) is 0 Å². The summed E-state index contributed by atoms with van der Waals surface area (Å²) in [5.74, 6) is 0. The minimum atomic E-state index is -1.31. The predicted octanol–water partition coefficient (Wildman–Crippen LogP) is 2.49. The van der Waals surface area contributed by atoms with Crippen molar-refractivity contribution in [3.63, 3.8) is 0 Å². The van der Waals surface area contributed by atoms with Crippen molar-refractivity contribution in [3.05, 3.63) is 29.8 Å². The third-order valence-corrected chi connectivity index (χ3v) is 2.13. The van der Waals surface area contributed by atoms with Crippen LogP contribution in [-0.2, 0) is 15.9 Å². The second-order valence-electron chi connectivity index (χ2n) is 3.37. The first-order valence-electron chi connectivity index (χ1n) is 5.51. The van der Waals surface area contributed by atoms with Crippen LogP contribution < -0.4 is 5.32 Å². The van der Waals surface area contributed by atoms with Crippen LogP contribution in [0.15, 0.2) is 24.3 Å². The highest BCUT2D eigenvalue weighted by molar-refractivity contribution is 5.85. The lowest BCUT2D eigenvalue weighted by Crippen LogP contribution is -2.15. The molecule has 0 atom stereocenters. The zero-order chi connectivity index (χ0) is 13.4. The molecule has 98 valence electrons. The number of hydrogen-bond donors (Lipinski definition) is 2. The van der Waals surface area contributed by atoms with E-state index in [1.54, 1.807) is 31.2 Å². The van der Waals surface area contributed by atoms with Crippen molar-refractivity contribution < 1.29 is 24.2 Å². The molecule has 0 radical (unpaired) electrons. The standard InChI is InChI=1S/C12H15NO5/c1-2-17-11(14)13-10-6-4-3-5-9(10)7-8-18-12(15)16/h3-6H,2,7-8H2,1H3,(H,13,14)(H,15,16). The fourth-order valence-electron chi connectivity index (χ4n) is 1.39. The number of ether oxygens (including phenoxy) is 2. The Balaban J connectivity index is 2.61. The minimum absolute atomic E-state index is 0.0385. The number of carbonyl (C=O) groups is 2. The van der Waals surface area contributed by atoms with Crippen molar-refractivity contribution >= 4 is 17.9 Å². The number of amides is 1. The molecule has 6 nitrogen and oxygen atoms in total. The Bertz CT molecular complexity index is 419. The van der Waals surface area contributed by atoms with Crippen molar-refractivity contribution in [2.24, 2.45) is 0 Å². The highest BCUT2D eigenvalue weighted by Crippen LogP contribution is 2.16. The second-order valence-corrected chi connectivity index (χ2v) is 3.37. The Morgan fingerprint density at radius 2 is 2.00 bits per heavy atom. The molecule has 2 N–H and O–H groups in total. The van der Waals surface area contributed by atoms with Gasteiger partial charge in [-0.2, -0.15) is 0 Å². The summed E-state index contributed by atoms with van der Waals surface area (Å²) in [7, 11) is 0. The van der Waals surface area contributed by atoms with Gasteiger partial charge < -0.3 is 14.6 Å². The highest BCUT2D eigenvalue weighted by Gasteiger charge is 2.07. The fraction of sp³-hybridized carbons (Fsp3) is 0.333. The zero-order valence-corrected chi connectivity index (χ0v) is 10.0. The number of carboxylic acid groups (broad SMARTS) is 1. The van der Waals surface area contributed by atoms with Crippen LogP contribution in [0.4, 0.5) is 15.3 Å². The second kappa shape index (κ2) is 7.16. The molecule has 1 rings (SSSR count). The third kappa shape index (κ3) is 4.73. The molecule has 0 saturated heterocycles. The number of benzene rings is 1. The van der Waals surface area contributed by atoms with Crippen LogP contribution in [0.3, 0.4) is 0 Å². The maximum atomic E-state index is 11.3. The summed E-state index contributed by atoms with van der Waals surface area (Å²) in [4.78, 5) is 21.5. The van der Waals surface area contributed by atoms with Gasteiger partial charge in [-0.25, -0.2) is 9.59 Å². The molecule has 1 aromatic rings. The van der Waals surface area contributed by atoms with Crippen LogP contribution in [0.5, 0.6) is 0 Å². The molecule has 0 saturated carbocycles. The summed E-state index contributed by atoms with van der Waals surface area (Å²) >= 11 is 0. The van der Waals surface area contributed by atoms with Gasteiger partial charge in [-0.15, -0.1) is 0 Å². The highest BCUT2D eigenvalue weighted by atomic mass is 16.7. The topological polar surface area (TPSA) is 84.9 Å². The van der Waals surface area contributed by atoms with Gasteiger partial charge in [0.2, 0.25) is 0 Å². The Labute approximate surface area is 105 Å². The summed E-state index contributed by atoms with van der Waals surface area (Å²) in [6.45, 7) is 2.04. The molecule has 0 bridgehead atoms. The number of anilines is 1. The molecule has 0 unspecified atom stereocenters. The maximum Gasteiger partial charge on any atom is 0.505 e. The van der Waals surface area contributed by atoms with Crippen LogP contribution in [0, 0.1) is 0 Å². The molecule has 0 aliphatic carbocycles. The number of hydrogen-bond acceptors (Lipinski definition) is 4. The van der Waals surface area contributed by atoms with E-state index < -0.39 is 12.2 Å². The summed E-state index contributed by atoms with van der Waals surface area (Å²) in [6.07, 6.45) is -1.47. The largest absolute Gasteiger partial charge is 0.505 e. The average Bonchev–Trinajstić information content (AvgIpc) is 2.31. The Morgan fingerprint density at radius 1 is 1.28 bits per heavy atom. The lowest BCUT2D eigenvalue weighted by Gasteiger charge is -2.10. The summed E-state index contributed by atoms with van der Waals surface area (Å²) in [5, 5.41) is 10.9. The van der Waals surface area contributed by atoms with Gasteiger partial charge in [-0.1, -0.05) is 18.2 Å². The first-order valence-corrected chi connectivity index (χ1v) is 5.51. The molecule has 1 amide bonds. The van der Waals surface area contributed by atoms with Gasteiger partial charge in [0, 0.05) is 12.1 Å². The fourth-order valence-corrected chi connectivity index (χ4v) is 1.39. The van der Waals surface area contributed by atoms with E-state index in [4.69, 9.17) is 9.84 Å². The van der Waals surface area contributed by atoms with Crippen LogP contribution in [0.1, 0.15) is 12.5 Å². The molecule has 0 heterocycles. The summed E-state index contributed by atoms with van der Waals surface area (Å²) < 4.78 is 9.19. The van der Waals surface area contributed by atoms with Gasteiger partial charge in [0.05, 0.1) is 13.2 Å². The van der Waals surface area contributed by atoms with E-state index in [1.165, 1.54) is 0 Å². The van der Waals surface area contributed by atoms with Gasteiger partial charge in [-0.3, -0.25) is 5.32 Å². The minimum Gasteiger partial charge on any atom is -0.450 e. The Morgan fingerprint density at radius 3 is 2.67 bits per heavy atom. The molecule has 6 heteroatoms. The van der Waals surface area contributed by atoms with Gasteiger partial charge in [0.25, 0.3) is 0 Å². The van der Waals surface area contributed by atoms with Gasteiger partial charge >= 0.3 is 12.2 Å². The van der Waals surface area contributed by atoms with Crippen LogP contribution >= 0.6 is 0 Å². The number of rotatable bonds is 5. The van der Waals surface area contributed by atoms with Crippen molar-refractivity contribution in [2.75, 3.05) is 18.5 Å². The summed E-state index contributed by atoms with van der Waals surface area (Å²) in [6, 6.07) is 7.06. The average molecular weight is 253 g/mol. The van der Waals surface area contributed by atoms with Crippen molar-refractivity contribution in [2.45, 2.75) is 13.3 Å². The molecule has 1 aromatic carbocycles. The lowest BCUT2D eigenvalue weighted by molar-refractivity contribution is 0.0927. The first-order chi connectivity index (χ1) is 8.63. The summed E-state index contributed by atoms with van der Waals surface area (Å²) in [5.41, 5.74) is 1.37. The smallest absolute Gasteiger partial charge is 0.450 e. The lowest BCUT2D eigenvalue weighted by atomic mass is 10.1. The SMILES string of the molecule is CCOC(=O)Nc1ccccc1CCOC(=O)O.